The van der Waals surface area contributed by atoms with Gasteiger partial charge in [0.2, 0.25) is 10.0 Å². The molecule has 0 fully saturated rings. The molecule has 1 aromatic heterocycles. The van der Waals surface area contributed by atoms with Crippen LogP contribution in [0.2, 0.25) is 5.02 Å². The zero-order chi connectivity index (χ0) is 25.6. The highest BCUT2D eigenvalue weighted by molar-refractivity contribution is 7.92. The smallest absolute Gasteiger partial charge is 0.258 e. The molecule has 0 aliphatic carbocycles. The van der Waals surface area contributed by atoms with E-state index in [2.05, 4.69) is 14.7 Å². The van der Waals surface area contributed by atoms with Gasteiger partial charge in [0.1, 0.15) is 18.2 Å². The maximum Gasteiger partial charge on any atom is 0.258 e. The highest BCUT2D eigenvalue weighted by Crippen LogP contribution is 2.27. The van der Waals surface area contributed by atoms with E-state index in [1.165, 1.54) is 6.20 Å². The third-order valence-electron chi connectivity index (χ3n) is 5.28. The fraction of sp³-hybridized carbons (Fsp3) is 0.304. The number of aromatic nitrogens is 2. The molecule has 0 saturated carbocycles. The molecule has 0 saturated heterocycles. The molecule has 0 unspecified atom stereocenters. The number of nitrogen functional groups attached to an aromatic ring is 1. The van der Waals surface area contributed by atoms with Crippen LogP contribution in [0.15, 0.2) is 42.6 Å². The lowest BCUT2D eigenvalue weighted by atomic mass is 10.1. The van der Waals surface area contributed by atoms with Crippen molar-refractivity contribution in [3.05, 3.63) is 64.8 Å². The SMILES string of the molecule is CCN(CC)CCS(=O)(=O)Nc1ccc(-c2cnc(N)c(OCc3c(F)ccc(F)c3Cl)n2)cc1. The summed E-state index contributed by atoms with van der Waals surface area (Å²) >= 11 is 5.83. The molecule has 2 aromatic carbocycles. The molecule has 0 radical (unpaired) electrons. The van der Waals surface area contributed by atoms with Crippen LogP contribution in [-0.4, -0.2) is 48.7 Å². The highest BCUT2D eigenvalue weighted by Gasteiger charge is 2.16. The van der Waals surface area contributed by atoms with Gasteiger partial charge in [-0.2, -0.15) is 0 Å². The summed E-state index contributed by atoms with van der Waals surface area (Å²) in [6, 6.07) is 8.40. The molecule has 1 heterocycles. The molecule has 8 nitrogen and oxygen atoms in total. The molecule has 0 atom stereocenters. The van der Waals surface area contributed by atoms with Crippen LogP contribution in [0.4, 0.5) is 20.3 Å². The average Bonchev–Trinajstić information content (AvgIpc) is 2.83. The summed E-state index contributed by atoms with van der Waals surface area (Å²) in [7, 11) is -3.51. The van der Waals surface area contributed by atoms with Gasteiger partial charge < -0.3 is 15.4 Å². The Bertz CT molecular complexity index is 1270. The lowest BCUT2D eigenvalue weighted by molar-refractivity contribution is 0.288. The molecule has 188 valence electrons. The van der Waals surface area contributed by atoms with Crippen LogP contribution in [0, 0.1) is 11.6 Å². The van der Waals surface area contributed by atoms with E-state index >= 15 is 0 Å². The first-order valence-corrected chi connectivity index (χ1v) is 12.9. The first-order chi connectivity index (χ1) is 16.6. The molecule has 0 aliphatic heterocycles. The van der Waals surface area contributed by atoms with E-state index in [0.29, 0.717) is 23.5 Å². The number of nitrogens with zero attached hydrogens (tertiary/aromatic N) is 3. The third-order valence-corrected chi connectivity index (χ3v) is 6.96. The molecular formula is C23H26ClF2N5O3S. The first kappa shape index (κ1) is 26.6. The predicted molar refractivity (Wildman–Crippen MR) is 133 cm³/mol. The Balaban J connectivity index is 1.71. The standard InChI is InChI=1S/C23H26ClF2N5O3S/c1-3-31(4-2)11-12-35(32,33)30-16-7-5-15(6-8-16)20-13-28-22(27)23(29-20)34-14-17-18(25)9-10-19(26)21(17)24/h5-10,13,30H,3-4,11-12,14H2,1-2H3,(H2,27,28). The number of sulfonamides is 1. The van der Waals surface area contributed by atoms with E-state index in [4.69, 9.17) is 22.1 Å². The zero-order valence-electron chi connectivity index (χ0n) is 19.3. The lowest BCUT2D eigenvalue weighted by Gasteiger charge is -2.18. The summed E-state index contributed by atoms with van der Waals surface area (Å²) in [6.45, 7) is 5.55. The van der Waals surface area contributed by atoms with E-state index in [-0.39, 0.29) is 28.0 Å². The Kier molecular flexibility index (Phi) is 8.82. The number of nitrogens with two attached hydrogens (primary N) is 1. The first-order valence-electron chi connectivity index (χ1n) is 10.8. The van der Waals surface area contributed by atoms with E-state index in [1.807, 2.05) is 18.7 Å². The number of nitrogens with one attached hydrogen (secondary N) is 1. The van der Waals surface area contributed by atoms with Crippen molar-refractivity contribution in [2.24, 2.45) is 0 Å². The van der Waals surface area contributed by atoms with Crippen molar-refractivity contribution in [2.75, 3.05) is 35.8 Å². The van der Waals surface area contributed by atoms with Crippen molar-refractivity contribution < 1.29 is 21.9 Å². The van der Waals surface area contributed by atoms with Crippen LogP contribution in [0.25, 0.3) is 11.3 Å². The lowest BCUT2D eigenvalue weighted by Crippen LogP contribution is -2.31. The van der Waals surface area contributed by atoms with E-state index in [0.717, 1.165) is 25.2 Å². The Morgan fingerprint density at radius 1 is 1.09 bits per heavy atom. The Morgan fingerprint density at radius 3 is 2.40 bits per heavy atom. The number of ether oxygens (including phenoxy) is 1. The van der Waals surface area contributed by atoms with Crippen LogP contribution in [0.3, 0.4) is 0 Å². The second kappa shape index (κ2) is 11.6. The maximum atomic E-state index is 14.0. The highest BCUT2D eigenvalue weighted by atomic mass is 35.5. The van der Waals surface area contributed by atoms with Crippen molar-refractivity contribution in [1.29, 1.82) is 0 Å². The molecule has 0 amide bonds. The summed E-state index contributed by atoms with van der Waals surface area (Å²) in [5.41, 5.74) is 7.06. The zero-order valence-corrected chi connectivity index (χ0v) is 20.8. The fourth-order valence-electron chi connectivity index (χ4n) is 3.20. The fourth-order valence-corrected chi connectivity index (χ4v) is 4.50. The van der Waals surface area contributed by atoms with Gasteiger partial charge in [-0.3, -0.25) is 4.72 Å². The van der Waals surface area contributed by atoms with Crippen molar-refractivity contribution in [3.8, 4) is 17.1 Å². The van der Waals surface area contributed by atoms with Gasteiger partial charge in [0.25, 0.3) is 5.88 Å². The summed E-state index contributed by atoms with van der Waals surface area (Å²) in [5, 5.41) is -0.386. The molecule has 12 heteroatoms. The minimum atomic E-state index is -3.51. The molecule has 0 bridgehead atoms. The monoisotopic (exact) mass is 525 g/mol. The number of hydrogen-bond donors (Lipinski definition) is 2. The van der Waals surface area contributed by atoms with Gasteiger partial charge >= 0.3 is 0 Å². The Hall–Kier alpha value is -3.02. The minimum Gasteiger partial charge on any atom is -0.470 e. The molecule has 3 N–H and O–H groups in total. The van der Waals surface area contributed by atoms with Gasteiger partial charge in [-0.1, -0.05) is 37.6 Å². The predicted octanol–water partition coefficient (Wildman–Crippen LogP) is 4.32. The van der Waals surface area contributed by atoms with Crippen molar-refractivity contribution in [2.45, 2.75) is 20.5 Å². The van der Waals surface area contributed by atoms with Crippen molar-refractivity contribution in [3.63, 3.8) is 0 Å². The number of benzene rings is 2. The largest absolute Gasteiger partial charge is 0.470 e. The van der Waals surface area contributed by atoms with Gasteiger partial charge in [0, 0.05) is 23.4 Å². The van der Waals surface area contributed by atoms with Crippen molar-refractivity contribution in [1.82, 2.24) is 14.9 Å². The number of rotatable bonds is 11. The Morgan fingerprint density at radius 2 is 1.74 bits per heavy atom. The molecule has 0 aliphatic rings. The van der Waals surface area contributed by atoms with E-state index in [1.54, 1.807) is 24.3 Å². The Labute approximate surface area is 208 Å². The number of hydrogen-bond acceptors (Lipinski definition) is 7. The number of anilines is 2. The van der Waals surface area contributed by atoms with E-state index < -0.39 is 28.3 Å². The van der Waals surface area contributed by atoms with Crippen LogP contribution in [0.5, 0.6) is 5.88 Å². The summed E-state index contributed by atoms with van der Waals surface area (Å²) in [6.07, 6.45) is 1.42. The van der Waals surface area contributed by atoms with Gasteiger partial charge in [-0.05, 0) is 37.4 Å². The van der Waals surface area contributed by atoms with Crippen LogP contribution in [-0.2, 0) is 16.6 Å². The molecule has 3 aromatic rings. The summed E-state index contributed by atoms with van der Waals surface area (Å²) in [5.74, 6) is -1.64. The van der Waals surface area contributed by atoms with Gasteiger partial charge in [0.05, 0.1) is 22.7 Å². The quantitative estimate of drug-likeness (QED) is 0.359. The number of halogens is 3. The second-order valence-corrected chi connectivity index (χ2v) is 9.80. The normalized spacial score (nSPS) is 11.6. The van der Waals surface area contributed by atoms with Crippen molar-refractivity contribution >= 4 is 33.1 Å². The average molecular weight is 526 g/mol. The molecule has 3 rings (SSSR count). The summed E-state index contributed by atoms with van der Waals surface area (Å²) < 4.78 is 60.4. The molecule has 35 heavy (non-hydrogen) atoms. The third kappa shape index (κ3) is 7.00. The second-order valence-electron chi connectivity index (χ2n) is 7.58. The molecule has 0 spiro atoms. The van der Waals surface area contributed by atoms with Gasteiger partial charge in [-0.25, -0.2) is 27.2 Å². The molecular weight excluding hydrogens is 500 g/mol. The minimum absolute atomic E-state index is 0.0174. The van der Waals surface area contributed by atoms with Crippen LogP contribution >= 0.6 is 11.6 Å². The summed E-state index contributed by atoms with van der Waals surface area (Å²) in [4.78, 5) is 10.4. The van der Waals surface area contributed by atoms with E-state index in [9.17, 15) is 17.2 Å². The van der Waals surface area contributed by atoms with Gasteiger partial charge in [0.15, 0.2) is 5.82 Å². The van der Waals surface area contributed by atoms with Crippen LogP contribution < -0.4 is 15.2 Å². The maximum absolute atomic E-state index is 14.0. The van der Waals surface area contributed by atoms with Crippen LogP contribution in [0.1, 0.15) is 19.4 Å². The van der Waals surface area contributed by atoms with Gasteiger partial charge in [-0.15, -0.1) is 0 Å². The topological polar surface area (TPSA) is 110 Å².